The number of carboxylic acid groups (broad SMARTS) is 1. The van der Waals surface area contributed by atoms with Gasteiger partial charge in [-0.1, -0.05) is 0 Å². The van der Waals surface area contributed by atoms with Gasteiger partial charge in [0.05, 0.1) is 0 Å². The molecule has 0 amide bonds. The Balaban J connectivity index is 2.37. The molecule has 0 saturated carbocycles. The van der Waals surface area contributed by atoms with Crippen molar-refractivity contribution in [1.82, 2.24) is 4.98 Å². The number of carboxylic acids is 1. The fourth-order valence-electron chi connectivity index (χ4n) is 0.691. The van der Waals surface area contributed by atoms with Gasteiger partial charge in [0.25, 0.3) is 0 Å². The summed E-state index contributed by atoms with van der Waals surface area (Å²) in [7, 11) is 0. The number of hydrogen-bond donors (Lipinski definition) is 1. The molecule has 0 aliphatic rings. The van der Waals surface area contributed by atoms with Crippen molar-refractivity contribution in [2.75, 3.05) is 0 Å². The Kier molecular flexibility index (Phi) is 4.42. The fraction of sp³-hybridized carbons (Fsp3) is 0.250. The van der Waals surface area contributed by atoms with Crippen LogP contribution in [0.25, 0.3) is 0 Å². The van der Waals surface area contributed by atoms with Gasteiger partial charge < -0.3 is 0 Å². The van der Waals surface area contributed by atoms with E-state index in [2.05, 4.69) is 20.9 Å². The van der Waals surface area contributed by atoms with E-state index in [1.807, 2.05) is 12.1 Å². The maximum absolute atomic E-state index is 10.2. The average molecular weight is 309 g/mol. The van der Waals surface area contributed by atoms with Crippen LogP contribution < -0.4 is 4.59 Å². The molecule has 0 spiro atoms. The third-order valence-corrected chi connectivity index (χ3v) is 3.72. The molecule has 0 aliphatic heterocycles. The summed E-state index contributed by atoms with van der Waals surface area (Å²) in [4.78, 5) is 14.4. The van der Waals surface area contributed by atoms with Crippen molar-refractivity contribution in [3.05, 3.63) is 22.8 Å². The zero-order chi connectivity index (χ0) is 9.68. The van der Waals surface area contributed by atoms with Crippen LogP contribution in [0.4, 0.5) is 0 Å². The molecule has 0 fully saturated rings. The van der Waals surface area contributed by atoms with Gasteiger partial charge >= 0.3 is 90.9 Å². The predicted octanol–water partition coefficient (Wildman–Crippen LogP) is 1.07. The molecule has 1 aromatic heterocycles. The second-order valence-electron chi connectivity index (χ2n) is 2.31. The molecule has 0 unspecified atom stereocenters. The van der Waals surface area contributed by atoms with Crippen LogP contribution in [0.5, 0.6) is 0 Å². The van der Waals surface area contributed by atoms with Crippen LogP contribution in [-0.2, 0) is 4.79 Å². The standard InChI is InChI=1S/C8H8BrNO2Se/c9-6-1-2-7(10-5-6)13-4-3-8(11)12/h1-2,5H,3-4H2,(H,11,12). The van der Waals surface area contributed by atoms with Crippen molar-refractivity contribution in [3.8, 4) is 0 Å². The Hall–Kier alpha value is -0.381. The van der Waals surface area contributed by atoms with Gasteiger partial charge in [0.15, 0.2) is 0 Å². The quantitative estimate of drug-likeness (QED) is 0.847. The summed E-state index contributed by atoms with van der Waals surface area (Å²) < 4.78 is 1.95. The number of nitrogens with zero attached hydrogens (tertiary/aromatic N) is 1. The summed E-state index contributed by atoms with van der Waals surface area (Å²) in [6.45, 7) is 0. The number of carbonyl (C=O) groups is 1. The monoisotopic (exact) mass is 309 g/mol. The van der Waals surface area contributed by atoms with Gasteiger partial charge in [-0.2, -0.15) is 0 Å². The van der Waals surface area contributed by atoms with Gasteiger partial charge in [-0.3, -0.25) is 0 Å². The molecule has 13 heavy (non-hydrogen) atoms. The van der Waals surface area contributed by atoms with Crippen molar-refractivity contribution in [1.29, 1.82) is 0 Å². The van der Waals surface area contributed by atoms with Crippen LogP contribution in [0.15, 0.2) is 22.8 Å². The average Bonchev–Trinajstić information content (AvgIpc) is 2.08. The summed E-state index contributed by atoms with van der Waals surface area (Å²) in [6, 6.07) is 3.84. The van der Waals surface area contributed by atoms with E-state index in [4.69, 9.17) is 5.11 Å². The third kappa shape index (κ3) is 4.41. The molecule has 3 nitrogen and oxygen atoms in total. The Morgan fingerprint density at radius 3 is 2.92 bits per heavy atom. The molecule has 0 saturated heterocycles. The van der Waals surface area contributed by atoms with E-state index in [0.29, 0.717) is 5.32 Å². The topological polar surface area (TPSA) is 50.2 Å². The molecule has 1 rings (SSSR count). The first-order valence-electron chi connectivity index (χ1n) is 3.64. The first kappa shape index (κ1) is 10.7. The van der Waals surface area contributed by atoms with Crippen molar-refractivity contribution in [2.24, 2.45) is 0 Å². The summed E-state index contributed by atoms with van der Waals surface area (Å²) in [5, 5.41) is 9.12. The molecule has 1 heterocycles. The Labute approximate surface area is 90.8 Å². The van der Waals surface area contributed by atoms with Gasteiger partial charge in [-0.25, -0.2) is 0 Å². The number of hydrogen-bond acceptors (Lipinski definition) is 2. The molecule has 70 valence electrons. The SMILES string of the molecule is O=C(O)CC[Se]c1ccc(Br)cn1. The van der Waals surface area contributed by atoms with Gasteiger partial charge in [0.1, 0.15) is 0 Å². The second-order valence-corrected chi connectivity index (χ2v) is 5.56. The van der Waals surface area contributed by atoms with E-state index < -0.39 is 5.97 Å². The van der Waals surface area contributed by atoms with Crippen molar-refractivity contribution in [2.45, 2.75) is 11.7 Å². The predicted molar refractivity (Wildman–Crippen MR) is 54.4 cm³/mol. The maximum atomic E-state index is 10.2. The number of halogens is 1. The zero-order valence-corrected chi connectivity index (χ0v) is 10.0. The summed E-state index contributed by atoms with van der Waals surface area (Å²) >= 11 is 3.47. The number of aliphatic carboxylic acids is 1. The first-order chi connectivity index (χ1) is 6.18. The second kappa shape index (κ2) is 5.37. The van der Waals surface area contributed by atoms with Crippen molar-refractivity contribution in [3.63, 3.8) is 0 Å². The number of aromatic nitrogens is 1. The normalized spacial score (nSPS) is 9.92. The van der Waals surface area contributed by atoms with Crippen LogP contribution in [0.1, 0.15) is 6.42 Å². The molecule has 0 bridgehead atoms. The van der Waals surface area contributed by atoms with Crippen LogP contribution in [0.3, 0.4) is 0 Å². The first-order valence-corrected chi connectivity index (χ1v) is 6.51. The van der Waals surface area contributed by atoms with E-state index in [0.717, 1.165) is 9.07 Å². The van der Waals surface area contributed by atoms with Crippen LogP contribution in [0.2, 0.25) is 5.32 Å². The fourth-order valence-corrected chi connectivity index (χ4v) is 2.56. The number of pyridine rings is 1. The Morgan fingerprint density at radius 1 is 1.62 bits per heavy atom. The summed E-state index contributed by atoms with van der Waals surface area (Å²) in [5.41, 5.74) is 0. The molecule has 0 aliphatic carbocycles. The van der Waals surface area contributed by atoms with E-state index in [1.165, 1.54) is 0 Å². The van der Waals surface area contributed by atoms with Crippen LogP contribution >= 0.6 is 15.9 Å². The van der Waals surface area contributed by atoms with Crippen molar-refractivity contribution < 1.29 is 9.90 Å². The van der Waals surface area contributed by atoms with Crippen LogP contribution in [-0.4, -0.2) is 31.0 Å². The van der Waals surface area contributed by atoms with Crippen LogP contribution in [0, 0.1) is 0 Å². The molecule has 1 aromatic rings. The molecule has 0 aromatic carbocycles. The summed E-state index contributed by atoms with van der Waals surface area (Å²) in [6.07, 6.45) is 1.97. The minimum absolute atomic E-state index is 0.180. The Bertz CT molecular complexity index is 289. The number of rotatable bonds is 4. The van der Waals surface area contributed by atoms with E-state index in [9.17, 15) is 4.79 Å². The molecular formula is C8H8BrNO2Se. The van der Waals surface area contributed by atoms with Gasteiger partial charge in [-0.05, 0) is 0 Å². The van der Waals surface area contributed by atoms with E-state index in [1.54, 1.807) is 6.20 Å². The molecule has 0 radical (unpaired) electrons. The van der Waals surface area contributed by atoms with Gasteiger partial charge in [-0.15, -0.1) is 0 Å². The van der Waals surface area contributed by atoms with Crippen molar-refractivity contribution >= 4 is 41.4 Å². The summed E-state index contributed by atoms with van der Waals surface area (Å²) in [5.74, 6) is -0.737. The third-order valence-electron chi connectivity index (χ3n) is 1.27. The molecule has 1 N–H and O–H groups in total. The Morgan fingerprint density at radius 2 is 2.38 bits per heavy atom. The van der Waals surface area contributed by atoms with Gasteiger partial charge in [0.2, 0.25) is 0 Å². The minimum atomic E-state index is -0.737. The molecule has 5 heteroatoms. The zero-order valence-electron chi connectivity index (χ0n) is 6.74. The molecule has 0 atom stereocenters. The van der Waals surface area contributed by atoms with E-state index in [-0.39, 0.29) is 21.4 Å². The van der Waals surface area contributed by atoms with Gasteiger partial charge in [0, 0.05) is 0 Å². The van der Waals surface area contributed by atoms with E-state index >= 15 is 0 Å². The molecular weight excluding hydrogens is 301 g/mol.